The van der Waals surface area contributed by atoms with Gasteiger partial charge in [-0.15, -0.1) is 0 Å². The van der Waals surface area contributed by atoms with E-state index in [1.807, 2.05) is 7.05 Å². The van der Waals surface area contributed by atoms with E-state index in [1.165, 1.54) is 12.8 Å². The van der Waals surface area contributed by atoms with Gasteiger partial charge in [0.2, 0.25) is 0 Å². The van der Waals surface area contributed by atoms with Crippen LogP contribution < -0.4 is 0 Å². The smallest absolute Gasteiger partial charge is 0.196 e. The van der Waals surface area contributed by atoms with Crippen LogP contribution in [0, 0.1) is 0 Å². The van der Waals surface area contributed by atoms with Crippen molar-refractivity contribution in [1.29, 1.82) is 0 Å². The fourth-order valence-electron chi connectivity index (χ4n) is 3.33. The van der Waals surface area contributed by atoms with Crippen LogP contribution in [0.15, 0.2) is 4.99 Å². The molecule has 4 heteroatoms. The minimum absolute atomic E-state index is 0.0162. The molecular weight excluding hydrogens is 197 g/mol. The van der Waals surface area contributed by atoms with Crippen LogP contribution in [0.3, 0.4) is 0 Å². The van der Waals surface area contributed by atoms with Crippen molar-refractivity contribution in [3.05, 3.63) is 0 Å². The van der Waals surface area contributed by atoms with Crippen molar-refractivity contribution < 1.29 is 0 Å². The van der Waals surface area contributed by atoms with Gasteiger partial charge in [-0.1, -0.05) is 25.1 Å². The summed E-state index contributed by atoms with van der Waals surface area (Å²) < 4.78 is 0. The van der Waals surface area contributed by atoms with E-state index in [1.54, 1.807) is 0 Å². The summed E-state index contributed by atoms with van der Waals surface area (Å²) in [7, 11) is 12.5. The molecule has 2 aliphatic rings. The van der Waals surface area contributed by atoms with E-state index in [0.29, 0.717) is 12.1 Å². The Morgan fingerprint density at radius 3 is 2.56 bits per heavy atom. The van der Waals surface area contributed by atoms with Gasteiger partial charge in [0.25, 0.3) is 0 Å². The average Bonchev–Trinajstić information content (AvgIpc) is 2.37. The second kappa shape index (κ2) is 3.97. The molecule has 0 aromatic heterocycles. The summed E-state index contributed by atoms with van der Waals surface area (Å²) in [5, 5.41) is -0.0162. The molecule has 0 spiro atoms. The zero-order valence-corrected chi connectivity index (χ0v) is 10.9. The summed E-state index contributed by atoms with van der Waals surface area (Å²) in [6, 6.07) is 1.12. The molecule has 1 heterocycles. The monoisotopic (exact) mass is 219 g/mol. The SMILES string of the molecule is [B][C@]1(C)CCCC2C(C1)N(C)C(=NC)N2C. The van der Waals surface area contributed by atoms with Gasteiger partial charge in [0.1, 0.15) is 0 Å². The predicted molar refractivity (Wildman–Crippen MR) is 69.1 cm³/mol. The fraction of sp³-hybridized carbons (Fsp3) is 0.917. The lowest BCUT2D eigenvalue weighted by atomic mass is 9.65. The van der Waals surface area contributed by atoms with E-state index in [9.17, 15) is 0 Å². The van der Waals surface area contributed by atoms with Crippen LogP contribution in [0.5, 0.6) is 0 Å². The third-order valence-corrected chi connectivity index (χ3v) is 4.19. The predicted octanol–water partition coefficient (Wildman–Crippen LogP) is 1.51. The molecule has 0 bridgehead atoms. The number of nitrogens with zero attached hydrogens (tertiary/aromatic N) is 3. The molecular formula is C12H22BN3. The number of aliphatic imine (C=N–C) groups is 1. The maximum absolute atomic E-state index is 6.34. The van der Waals surface area contributed by atoms with E-state index in [0.717, 1.165) is 18.8 Å². The van der Waals surface area contributed by atoms with Gasteiger partial charge < -0.3 is 9.80 Å². The Kier molecular flexibility index (Phi) is 2.93. The second-order valence-electron chi connectivity index (χ2n) is 5.63. The molecule has 0 aromatic rings. The maximum Gasteiger partial charge on any atom is 0.196 e. The van der Waals surface area contributed by atoms with Crippen molar-refractivity contribution >= 4 is 13.8 Å². The van der Waals surface area contributed by atoms with E-state index < -0.39 is 0 Å². The number of guanidine groups is 1. The quantitative estimate of drug-likeness (QED) is 0.575. The summed E-state index contributed by atoms with van der Waals surface area (Å²) in [6.07, 6.45) is 4.67. The van der Waals surface area contributed by atoms with Gasteiger partial charge in [-0.3, -0.25) is 4.99 Å². The van der Waals surface area contributed by atoms with Crippen molar-refractivity contribution in [3.63, 3.8) is 0 Å². The summed E-state index contributed by atoms with van der Waals surface area (Å²) in [6.45, 7) is 2.18. The maximum atomic E-state index is 6.34. The first-order chi connectivity index (χ1) is 7.46. The van der Waals surface area contributed by atoms with E-state index in [2.05, 4.69) is 35.8 Å². The number of rotatable bonds is 0. The van der Waals surface area contributed by atoms with Crippen LogP contribution in [0.4, 0.5) is 0 Å². The fourth-order valence-corrected chi connectivity index (χ4v) is 3.33. The molecule has 2 radical (unpaired) electrons. The molecule has 3 atom stereocenters. The Balaban J connectivity index is 2.26. The molecule has 0 N–H and O–H groups in total. The normalized spacial score (nSPS) is 42.4. The number of likely N-dealkylation sites (N-methyl/N-ethyl adjacent to an activating group) is 2. The van der Waals surface area contributed by atoms with Crippen molar-refractivity contribution in [1.82, 2.24) is 9.80 Å². The Morgan fingerprint density at radius 1 is 1.31 bits per heavy atom. The van der Waals surface area contributed by atoms with Crippen LogP contribution in [0.25, 0.3) is 0 Å². The molecule has 16 heavy (non-hydrogen) atoms. The largest absolute Gasteiger partial charge is 0.341 e. The Labute approximate surface area is 100 Å². The standard InChI is InChI=1S/C12H22BN3/c1-12(13)7-5-6-9-10(8-12)16(4)11(14-2)15(9)3/h9-10H,5-8H2,1-4H3/t9?,10?,12-/m1/s1. The minimum Gasteiger partial charge on any atom is -0.341 e. The van der Waals surface area contributed by atoms with Crippen molar-refractivity contribution in [2.75, 3.05) is 21.1 Å². The highest BCUT2D eigenvalue weighted by molar-refractivity contribution is 6.14. The Bertz CT molecular complexity index is 301. The summed E-state index contributed by atoms with van der Waals surface area (Å²) in [5.74, 6) is 1.10. The lowest BCUT2D eigenvalue weighted by Crippen LogP contribution is -2.35. The van der Waals surface area contributed by atoms with Gasteiger partial charge in [0.15, 0.2) is 5.96 Å². The molecule has 0 aromatic carbocycles. The lowest BCUT2D eigenvalue weighted by molar-refractivity contribution is 0.280. The Hall–Kier alpha value is -0.665. The molecule has 2 fully saturated rings. The lowest BCUT2D eigenvalue weighted by Gasteiger charge is -2.30. The summed E-state index contributed by atoms with van der Waals surface area (Å²) >= 11 is 0. The van der Waals surface area contributed by atoms with Gasteiger partial charge in [-0.05, 0) is 12.8 Å². The third kappa shape index (κ3) is 1.83. The second-order valence-corrected chi connectivity index (χ2v) is 5.63. The first-order valence-electron chi connectivity index (χ1n) is 6.17. The van der Waals surface area contributed by atoms with Crippen LogP contribution in [-0.2, 0) is 0 Å². The van der Waals surface area contributed by atoms with E-state index >= 15 is 0 Å². The van der Waals surface area contributed by atoms with Crippen LogP contribution >= 0.6 is 0 Å². The number of fused-ring (bicyclic) bond motifs is 1. The highest BCUT2D eigenvalue weighted by Gasteiger charge is 2.43. The van der Waals surface area contributed by atoms with Gasteiger partial charge in [-0.25, -0.2) is 0 Å². The van der Waals surface area contributed by atoms with Crippen molar-refractivity contribution in [3.8, 4) is 0 Å². The molecule has 88 valence electrons. The van der Waals surface area contributed by atoms with Gasteiger partial charge in [0.05, 0.1) is 19.9 Å². The van der Waals surface area contributed by atoms with Crippen molar-refractivity contribution in [2.45, 2.75) is 50.0 Å². The molecule has 2 unspecified atom stereocenters. The Morgan fingerprint density at radius 2 is 1.94 bits per heavy atom. The van der Waals surface area contributed by atoms with Gasteiger partial charge in [0, 0.05) is 21.1 Å². The third-order valence-electron chi connectivity index (χ3n) is 4.19. The zero-order valence-electron chi connectivity index (χ0n) is 10.9. The molecule has 1 aliphatic heterocycles. The molecule has 0 amide bonds. The highest BCUT2D eigenvalue weighted by Crippen LogP contribution is 2.42. The van der Waals surface area contributed by atoms with Crippen LogP contribution in [0.1, 0.15) is 32.6 Å². The molecule has 1 aliphatic carbocycles. The van der Waals surface area contributed by atoms with Crippen LogP contribution in [-0.4, -0.2) is 56.8 Å². The van der Waals surface area contributed by atoms with E-state index in [-0.39, 0.29) is 5.31 Å². The molecule has 1 saturated carbocycles. The number of hydrogen-bond acceptors (Lipinski definition) is 1. The van der Waals surface area contributed by atoms with Gasteiger partial charge >= 0.3 is 0 Å². The topological polar surface area (TPSA) is 18.8 Å². The average molecular weight is 219 g/mol. The van der Waals surface area contributed by atoms with Crippen molar-refractivity contribution in [2.24, 2.45) is 4.99 Å². The zero-order chi connectivity index (χ0) is 11.9. The highest BCUT2D eigenvalue weighted by atomic mass is 15.4. The molecule has 3 nitrogen and oxygen atoms in total. The molecule has 1 saturated heterocycles. The first kappa shape index (κ1) is 11.8. The van der Waals surface area contributed by atoms with Gasteiger partial charge in [-0.2, -0.15) is 0 Å². The molecule has 2 rings (SSSR count). The number of hydrogen-bond donors (Lipinski definition) is 0. The first-order valence-corrected chi connectivity index (χ1v) is 6.17. The summed E-state index contributed by atoms with van der Waals surface area (Å²) in [4.78, 5) is 9.01. The minimum atomic E-state index is -0.0162. The van der Waals surface area contributed by atoms with E-state index in [4.69, 9.17) is 7.85 Å². The summed E-state index contributed by atoms with van der Waals surface area (Å²) in [5.41, 5.74) is 0. The van der Waals surface area contributed by atoms with Crippen LogP contribution in [0.2, 0.25) is 5.31 Å².